The number of fused-ring (bicyclic) bond motifs is 11. The molecular formula is C68H42N6O. The van der Waals surface area contributed by atoms with Crippen LogP contribution in [0.1, 0.15) is 0 Å². The van der Waals surface area contributed by atoms with Crippen molar-refractivity contribution in [3.05, 3.63) is 255 Å². The number of hydrogen-bond acceptors (Lipinski definition) is 5. The molecule has 0 saturated heterocycles. The van der Waals surface area contributed by atoms with E-state index >= 15 is 0 Å². The Morgan fingerprint density at radius 2 is 0.613 bits per heavy atom. The van der Waals surface area contributed by atoms with Crippen molar-refractivity contribution in [1.29, 1.82) is 0 Å². The fourth-order valence-electron chi connectivity index (χ4n) is 11.1. The summed E-state index contributed by atoms with van der Waals surface area (Å²) < 4.78 is 12.0. The average molecular weight is 959 g/mol. The molecule has 15 aromatic rings. The lowest BCUT2D eigenvalue weighted by Gasteiger charge is -2.12. The topological polar surface area (TPSA) is 74.6 Å². The minimum Gasteiger partial charge on any atom is -0.455 e. The van der Waals surface area contributed by atoms with Crippen molar-refractivity contribution in [3.63, 3.8) is 0 Å². The third-order valence-electron chi connectivity index (χ3n) is 14.6. The average Bonchev–Trinajstić information content (AvgIpc) is 4.16. The zero-order chi connectivity index (χ0) is 49.4. The van der Waals surface area contributed by atoms with Crippen LogP contribution in [0.15, 0.2) is 259 Å². The van der Waals surface area contributed by atoms with Crippen molar-refractivity contribution in [2.75, 3.05) is 0 Å². The van der Waals surface area contributed by atoms with Crippen molar-refractivity contribution in [2.24, 2.45) is 0 Å². The van der Waals surface area contributed by atoms with E-state index in [-0.39, 0.29) is 0 Å². The van der Waals surface area contributed by atoms with Gasteiger partial charge in [-0.2, -0.15) is 0 Å². The van der Waals surface area contributed by atoms with Gasteiger partial charge >= 0.3 is 0 Å². The zero-order valence-corrected chi connectivity index (χ0v) is 40.3. The summed E-state index contributed by atoms with van der Waals surface area (Å²) in [6.45, 7) is 0. The Kier molecular flexibility index (Phi) is 9.75. The molecule has 5 aromatic heterocycles. The van der Waals surface area contributed by atoms with Crippen LogP contribution in [0.4, 0.5) is 0 Å². The quantitative estimate of drug-likeness (QED) is 0.152. The summed E-state index contributed by atoms with van der Waals surface area (Å²) in [7, 11) is 0. The van der Waals surface area contributed by atoms with Crippen LogP contribution in [0, 0.1) is 0 Å². The first-order valence-corrected chi connectivity index (χ1v) is 25.2. The molecule has 0 aliphatic rings. The van der Waals surface area contributed by atoms with Gasteiger partial charge in [-0.15, -0.1) is 0 Å². The molecule has 0 atom stereocenters. The molecular weight excluding hydrogens is 917 g/mol. The predicted molar refractivity (Wildman–Crippen MR) is 306 cm³/mol. The molecule has 7 heteroatoms. The third kappa shape index (κ3) is 7.05. The van der Waals surface area contributed by atoms with E-state index in [0.29, 0.717) is 17.5 Å². The van der Waals surface area contributed by atoms with Gasteiger partial charge in [0, 0.05) is 60.7 Å². The first kappa shape index (κ1) is 42.4. The van der Waals surface area contributed by atoms with Crippen molar-refractivity contribution >= 4 is 65.6 Å². The van der Waals surface area contributed by atoms with E-state index in [0.717, 1.165) is 127 Å². The normalized spacial score (nSPS) is 11.7. The third-order valence-corrected chi connectivity index (χ3v) is 14.6. The first-order valence-electron chi connectivity index (χ1n) is 25.2. The van der Waals surface area contributed by atoms with Gasteiger partial charge in [0.1, 0.15) is 11.2 Å². The molecule has 0 spiro atoms. The Morgan fingerprint density at radius 1 is 0.253 bits per heavy atom. The van der Waals surface area contributed by atoms with Gasteiger partial charge in [0.05, 0.1) is 44.2 Å². The maximum absolute atomic E-state index is 7.28. The molecule has 0 aliphatic carbocycles. The molecule has 7 nitrogen and oxygen atoms in total. The molecule has 15 rings (SSSR count). The summed E-state index contributed by atoms with van der Waals surface area (Å²) in [6, 6.07) is 89.1. The number of rotatable bonds is 8. The fraction of sp³-hybridized carbons (Fsp3) is 0. The molecule has 0 saturated carbocycles. The predicted octanol–water partition coefficient (Wildman–Crippen LogP) is 17.4. The van der Waals surface area contributed by atoms with Gasteiger partial charge in [0.25, 0.3) is 0 Å². The molecule has 350 valence electrons. The molecule has 0 aliphatic heterocycles. The van der Waals surface area contributed by atoms with Gasteiger partial charge in [-0.1, -0.05) is 170 Å². The van der Waals surface area contributed by atoms with Crippen LogP contribution in [0.25, 0.3) is 145 Å². The number of benzene rings is 10. The molecule has 0 fully saturated rings. The highest BCUT2D eigenvalue weighted by atomic mass is 16.3. The highest BCUT2D eigenvalue weighted by molar-refractivity contribution is 6.29. The Balaban J connectivity index is 0.844. The van der Waals surface area contributed by atoms with Crippen LogP contribution < -0.4 is 0 Å². The number of aromatic nitrogens is 6. The number of nitrogens with zero attached hydrogens (tertiary/aromatic N) is 6. The maximum Gasteiger partial charge on any atom is 0.164 e. The lowest BCUT2D eigenvalue weighted by molar-refractivity contribution is 0.677. The largest absolute Gasteiger partial charge is 0.455 e. The van der Waals surface area contributed by atoms with Crippen LogP contribution in [-0.4, -0.2) is 29.1 Å². The summed E-state index contributed by atoms with van der Waals surface area (Å²) in [5.41, 5.74) is 17.3. The summed E-state index contributed by atoms with van der Waals surface area (Å²) >= 11 is 0. The van der Waals surface area contributed by atoms with E-state index in [1.165, 1.54) is 0 Å². The summed E-state index contributed by atoms with van der Waals surface area (Å²) in [4.78, 5) is 20.0. The molecule has 0 bridgehead atoms. The van der Waals surface area contributed by atoms with E-state index in [1.54, 1.807) is 0 Å². The van der Waals surface area contributed by atoms with E-state index in [4.69, 9.17) is 24.4 Å². The van der Waals surface area contributed by atoms with Crippen LogP contribution in [0.3, 0.4) is 0 Å². The second kappa shape index (κ2) is 17.2. The highest BCUT2D eigenvalue weighted by Crippen LogP contribution is 2.45. The van der Waals surface area contributed by atoms with Crippen molar-refractivity contribution in [2.45, 2.75) is 0 Å². The molecule has 5 heterocycles. The second-order valence-electron chi connectivity index (χ2n) is 19.0. The Morgan fingerprint density at radius 3 is 1.04 bits per heavy atom. The van der Waals surface area contributed by atoms with Gasteiger partial charge in [0.2, 0.25) is 0 Å². The monoisotopic (exact) mass is 958 g/mol. The number of para-hydroxylation sites is 2. The van der Waals surface area contributed by atoms with Gasteiger partial charge in [0.15, 0.2) is 17.5 Å². The molecule has 10 aromatic carbocycles. The van der Waals surface area contributed by atoms with Crippen molar-refractivity contribution < 1.29 is 4.42 Å². The lowest BCUT2D eigenvalue weighted by Crippen LogP contribution is -2.00. The SMILES string of the molecule is c1ccc(-c2cc(-c3ccc(-n4c5ccccc5c5c6oc7c(ccc8c7c7ccccc7n8-c7ccc(-c8nc(-c9ccccc9)nc(-c9ccccc9)n8)cc7)c6ccc54)cc3)cc(-c3ccccc3)n2)cc1. The van der Waals surface area contributed by atoms with Crippen LogP contribution in [0.2, 0.25) is 0 Å². The number of hydrogen-bond donors (Lipinski definition) is 0. The Bertz CT molecular complexity index is 4250. The van der Waals surface area contributed by atoms with Crippen molar-refractivity contribution in [3.8, 4) is 79.2 Å². The van der Waals surface area contributed by atoms with Gasteiger partial charge in [-0.3, -0.25) is 0 Å². The zero-order valence-electron chi connectivity index (χ0n) is 40.3. The van der Waals surface area contributed by atoms with Crippen LogP contribution >= 0.6 is 0 Å². The van der Waals surface area contributed by atoms with Gasteiger partial charge in [-0.05, 0) is 96.1 Å². The van der Waals surface area contributed by atoms with E-state index in [2.05, 4.69) is 191 Å². The maximum atomic E-state index is 7.28. The highest BCUT2D eigenvalue weighted by Gasteiger charge is 2.23. The smallest absolute Gasteiger partial charge is 0.164 e. The number of furan rings is 1. The molecule has 0 amide bonds. The van der Waals surface area contributed by atoms with Gasteiger partial charge < -0.3 is 13.6 Å². The fourth-order valence-corrected chi connectivity index (χ4v) is 11.1. The van der Waals surface area contributed by atoms with E-state index < -0.39 is 0 Å². The minimum atomic E-state index is 0.616. The van der Waals surface area contributed by atoms with E-state index in [9.17, 15) is 0 Å². The Hall–Kier alpha value is -10.2. The minimum absolute atomic E-state index is 0.616. The molecule has 0 radical (unpaired) electrons. The molecule has 75 heavy (non-hydrogen) atoms. The standard InChI is InChI=1S/C68H42N6O/c1-5-17-44(18-6-1)56-41-49(42-57(69-56)45-19-7-2-8-20-45)43-29-33-50(34-30-43)73-58-27-15-13-25-54(58)62-60(73)39-37-52-53-38-40-61-63(65(53)75-64(52)62)55-26-14-16-28-59(55)74(61)51-35-31-48(32-36-51)68-71-66(46-21-9-3-10-22-46)70-67(72-68)47-23-11-4-12-24-47/h1-42H. The first-order chi connectivity index (χ1) is 37.2. The van der Waals surface area contributed by atoms with Crippen LogP contribution in [-0.2, 0) is 0 Å². The lowest BCUT2D eigenvalue weighted by atomic mass is 10.00. The molecule has 0 unspecified atom stereocenters. The van der Waals surface area contributed by atoms with Crippen LogP contribution in [0.5, 0.6) is 0 Å². The van der Waals surface area contributed by atoms with E-state index in [1.807, 2.05) is 72.8 Å². The molecule has 0 N–H and O–H groups in total. The van der Waals surface area contributed by atoms with Crippen molar-refractivity contribution in [1.82, 2.24) is 29.1 Å². The Labute approximate surface area is 430 Å². The summed E-state index contributed by atoms with van der Waals surface area (Å²) in [5, 5.41) is 6.60. The number of pyridine rings is 1. The summed E-state index contributed by atoms with van der Waals surface area (Å²) in [6.07, 6.45) is 0. The second-order valence-corrected chi connectivity index (χ2v) is 19.0. The van der Waals surface area contributed by atoms with Gasteiger partial charge in [-0.25, -0.2) is 19.9 Å². The summed E-state index contributed by atoms with van der Waals surface area (Å²) in [5.74, 6) is 1.88.